The summed E-state index contributed by atoms with van der Waals surface area (Å²) in [5.74, 6) is -3.87. The molecule has 6 unspecified atom stereocenters. The molecule has 2 aromatic rings. The van der Waals surface area contributed by atoms with E-state index < -0.39 is 72.3 Å². The molecule has 0 N–H and O–H groups in total. The minimum absolute atomic E-state index is 0.0560. The van der Waals surface area contributed by atoms with Gasteiger partial charge < -0.3 is 14.0 Å². The van der Waals surface area contributed by atoms with Crippen molar-refractivity contribution in [3.05, 3.63) is 52.7 Å². The van der Waals surface area contributed by atoms with E-state index in [0.717, 1.165) is 31.4 Å². The molecule has 5 rings (SSSR count). The first-order valence-corrected chi connectivity index (χ1v) is 16.4. The van der Waals surface area contributed by atoms with E-state index in [4.69, 9.17) is 13.7 Å². The number of esters is 2. The van der Waals surface area contributed by atoms with Gasteiger partial charge in [0, 0.05) is 22.5 Å². The van der Waals surface area contributed by atoms with Crippen LogP contribution < -0.4 is 4.74 Å². The normalized spacial score (nSPS) is 29.8. The van der Waals surface area contributed by atoms with Crippen molar-refractivity contribution in [3.8, 4) is 5.75 Å². The van der Waals surface area contributed by atoms with Crippen LogP contribution >= 0.6 is 67.8 Å². The molecule has 1 saturated heterocycles. The summed E-state index contributed by atoms with van der Waals surface area (Å²) in [6, 6.07) is 7.83. The second-order valence-corrected chi connectivity index (χ2v) is 15.2. The molecule has 192 valence electrons. The van der Waals surface area contributed by atoms with Gasteiger partial charge in [0.25, 0.3) is 10.1 Å². The molecule has 2 saturated carbocycles. The van der Waals surface area contributed by atoms with Gasteiger partial charge in [0.15, 0.2) is 0 Å². The minimum atomic E-state index is -4.68. The number of benzene rings is 2. The summed E-state index contributed by atoms with van der Waals surface area (Å²) in [6.45, 7) is 0. The van der Waals surface area contributed by atoms with E-state index in [-0.39, 0.29) is 5.75 Å². The average Bonchev–Trinajstić information content (AvgIpc) is 3.38. The van der Waals surface area contributed by atoms with E-state index in [1.807, 2.05) is 28.7 Å². The maximum Gasteiger partial charge on any atom is 0.339 e. The van der Waals surface area contributed by atoms with Crippen LogP contribution in [0.2, 0.25) is 0 Å². The Morgan fingerprint density at radius 3 is 2.36 bits per heavy atom. The van der Waals surface area contributed by atoms with Crippen LogP contribution in [0.1, 0.15) is 16.8 Å². The predicted octanol–water partition coefficient (Wildman–Crippen LogP) is 2.90. The summed E-state index contributed by atoms with van der Waals surface area (Å²) in [6.07, 6.45) is -1.53. The fourth-order valence-corrected chi connectivity index (χ4v) is 10.1. The van der Waals surface area contributed by atoms with Gasteiger partial charge in [-0.05, 0) is 111 Å². The van der Waals surface area contributed by atoms with Crippen LogP contribution in [0.5, 0.6) is 5.75 Å². The minimum Gasteiger partial charge on any atom is -0.744 e. The maximum atomic E-state index is 13.1. The first-order valence-electron chi connectivity index (χ1n) is 10.3. The highest BCUT2D eigenvalue weighted by molar-refractivity contribution is 14.1. The quantitative estimate of drug-likeness (QED) is 0.110. The molecule has 2 aliphatic carbocycles. The van der Waals surface area contributed by atoms with Gasteiger partial charge in [0.2, 0.25) is 0 Å². The fraction of sp³-hybridized carbons (Fsp3) is 0.333. The summed E-state index contributed by atoms with van der Waals surface area (Å²) in [5.41, 5.74) is 0.333. The van der Waals surface area contributed by atoms with Crippen LogP contribution in [-0.4, -0.2) is 50.8 Å². The molecule has 1 heterocycles. The zero-order valence-corrected chi connectivity index (χ0v) is 25.8. The van der Waals surface area contributed by atoms with Gasteiger partial charge in [-0.3, -0.25) is 8.98 Å². The molecule has 0 aromatic heterocycles. The van der Waals surface area contributed by atoms with Crippen LogP contribution in [0.4, 0.5) is 0 Å². The van der Waals surface area contributed by atoms with Crippen molar-refractivity contribution in [1.82, 2.24) is 0 Å². The van der Waals surface area contributed by atoms with E-state index in [1.54, 1.807) is 6.07 Å². The van der Waals surface area contributed by atoms with Gasteiger partial charge in [-0.2, -0.15) is 8.42 Å². The molecule has 1 aliphatic heterocycles. The smallest absolute Gasteiger partial charge is 0.339 e. The van der Waals surface area contributed by atoms with Crippen molar-refractivity contribution < 1.29 is 44.6 Å². The molecule has 10 nitrogen and oxygen atoms in total. The molecule has 2 aromatic carbocycles. The lowest BCUT2D eigenvalue weighted by Gasteiger charge is -2.30. The summed E-state index contributed by atoms with van der Waals surface area (Å²) in [4.78, 5) is 25.7. The summed E-state index contributed by atoms with van der Waals surface area (Å²) in [5, 5.41) is -1.13. The van der Waals surface area contributed by atoms with Gasteiger partial charge in [-0.1, -0.05) is 0 Å². The number of rotatable bonds is 5. The third-order valence-corrected chi connectivity index (χ3v) is 12.9. The number of carbonyl (C=O) groups excluding carboxylic acids is 2. The Hall–Kier alpha value is -0.610. The third-order valence-electron chi connectivity index (χ3n) is 6.59. The Morgan fingerprint density at radius 2 is 1.72 bits per heavy atom. The molecule has 0 amide bonds. The lowest BCUT2D eigenvalue weighted by Crippen LogP contribution is -2.46. The van der Waals surface area contributed by atoms with Crippen LogP contribution in [0.15, 0.2) is 41.3 Å². The zero-order chi connectivity index (χ0) is 26.2. The van der Waals surface area contributed by atoms with Gasteiger partial charge in [0.1, 0.15) is 33.3 Å². The second-order valence-electron chi connectivity index (χ2n) is 8.57. The number of hydrogen-bond donors (Lipinski definition) is 0. The molecule has 3 aliphatic rings. The van der Waals surface area contributed by atoms with Crippen molar-refractivity contribution >= 4 is 99.9 Å². The van der Waals surface area contributed by atoms with Gasteiger partial charge in [-0.15, -0.1) is 0 Å². The summed E-state index contributed by atoms with van der Waals surface area (Å²) < 4.78 is 77.7. The second kappa shape index (κ2) is 9.54. The van der Waals surface area contributed by atoms with E-state index >= 15 is 0 Å². The molecular formula is C21H14I3O10S2-. The Kier molecular flexibility index (Phi) is 7.15. The molecule has 15 heteroatoms. The molecule has 3 fully saturated rings. The van der Waals surface area contributed by atoms with Gasteiger partial charge in [0.05, 0.1) is 16.4 Å². The van der Waals surface area contributed by atoms with Crippen molar-refractivity contribution in [3.63, 3.8) is 0 Å². The highest BCUT2D eigenvalue weighted by Gasteiger charge is 2.72. The van der Waals surface area contributed by atoms with Crippen molar-refractivity contribution in [2.75, 3.05) is 0 Å². The Bertz CT molecular complexity index is 1490. The largest absolute Gasteiger partial charge is 0.744 e. The lowest BCUT2D eigenvalue weighted by molar-refractivity contribution is -0.143. The Morgan fingerprint density at radius 1 is 1.06 bits per heavy atom. The predicted molar refractivity (Wildman–Crippen MR) is 147 cm³/mol. The highest BCUT2D eigenvalue weighted by atomic mass is 127. The van der Waals surface area contributed by atoms with E-state index in [9.17, 15) is 31.0 Å². The van der Waals surface area contributed by atoms with E-state index in [2.05, 4.69) is 45.2 Å². The van der Waals surface area contributed by atoms with Crippen molar-refractivity contribution in [2.45, 2.75) is 28.8 Å². The van der Waals surface area contributed by atoms with E-state index in [1.165, 1.54) is 0 Å². The lowest BCUT2D eigenvalue weighted by atomic mass is 9.84. The molecule has 0 radical (unpaired) electrons. The molecule has 36 heavy (non-hydrogen) atoms. The molecule has 0 spiro atoms. The number of carbonyl (C=O) groups is 2. The van der Waals surface area contributed by atoms with Crippen molar-refractivity contribution in [2.24, 2.45) is 17.8 Å². The average molecular weight is 871 g/mol. The first-order chi connectivity index (χ1) is 16.8. The van der Waals surface area contributed by atoms with Crippen LogP contribution in [0, 0.1) is 28.5 Å². The first kappa shape index (κ1) is 27.0. The van der Waals surface area contributed by atoms with Crippen LogP contribution in [-0.2, 0) is 34.0 Å². The highest BCUT2D eigenvalue weighted by Crippen LogP contribution is 2.58. The fourth-order valence-electron chi connectivity index (χ4n) is 5.20. The number of hydrogen-bond acceptors (Lipinski definition) is 10. The van der Waals surface area contributed by atoms with Crippen LogP contribution in [0.3, 0.4) is 0 Å². The number of fused-ring (bicyclic) bond motifs is 1. The summed E-state index contributed by atoms with van der Waals surface area (Å²) >= 11 is 6.23. The topological polar surface area (TPSA) is 153 Å². The third kappa shape index (κ3) is 4.69. The number of halogens is 3. The zero-order valence-electron chi connectivity index (χ0n) is 17.7. The number of ether oxygens (including phenoxy) is 2. The SMILES string of the molecule is O=C(OC1C2CC3C1OS(=O)(=O)C3C2C(=O)Oc1ccc(S(=O)(=O)[O-])cc1)c1cc(I)cc(I)c1I. The Balaban J connectivity index is 1.41. The molecular weight excluding hydrogens is 857 g/mol. The molecule has 2 bridgehead atoms. The summed E-state index contributed by atoms with van der Waals surface area (Å²) in [7, 11) is -8.80. The van der Waals surface area contributed by atoms with Crippen molar-refractivity contribution in [1.29, 1.82) is 0 Å². The van der Waals surface area contributed by atoms with Crippen LogP contribution in [0.25, 0.3) is 0 Å². The van der Waals surface area contributed by atoms with Gasteiger partial charge >= 0.3 is 11.9 Å². The monoisotopic (exact) mass is 871 g/mol. The van der Waals surface area contributed by atoms with E-state index in [0.29, 0.717) is 15.6 Å². The maximum absolute atomic E-state index is 13.1. The molecule has 6 atom stereocenters. The Labute approximate surface area is 247 Å². The standard InChI is InChI=1S/C21H15I3O10S2/c22-8-5-12(16(24)14(23)6-8)20(25)33-17-11-7-13-18(17)34-36(30,31)19(13)15(11)21(26)32-9-1-3-10(4-2-9)35(27,28)29/h1-6,11,13,15,17-19H,7H2,(H,27,28,29)/p-1. The van der Waals surface area contributed by atoms with Gasteiger partial charge in [-0.25, -0.2) is 13.2 Å².